The average Bonchev–Trinajstić information content (AvgIpc) is 2.54. The molecule has 0 aliphatic carbocycles. The van der Waals surface area contributed by atoms with Gasteiger partial charge in [0.1, 0.15) is 5.75 Å². The molecule has 1 heterocycles. The van der Waals surface area contributed by atoms with Crippen molar-refractivity contribution in [3.63, 3.8) is 0 Å². The molecule has 1 fully saturated rings. The van der Waals surface area contributed by atoms with E-state index in [1.54, 1.807) is 18.0 Å². The quantitative estimate of drug-likeness (QED) is 0.845. The van der Waals surface area contributed by atoms with Gasteiger partial charge in [-0.3, -0.25) is 4.79 Å². The summed E-state index contributed by atoms with van der Waals surface area (Å²) in [4.78, 5) is 14.0. The van der Waals surface area contributed by atoms with Gasteiger partial charge in [-0.1, -0.05) is 19.1 Å². The second-order valence-corrected chi connectivity index (χ2v) is 6.73. The molecule has 25 heavy (non-hydrogen) atoms. The van der Waals surface area contributed by atoms with Gasteiger partial charge in [-0.25, -0.2) is 0 Å². The molecule has 4 nitrogen and oxygen atoms in total. The topological polar surface area (TPSA) is 41.6 Å². The zero-order valence-corrected chi connectivity index (χ0v) is 14.6. The minimum absolute atomic E-state index is 0.000200. The van der Waals surface area contributed by atoms with Gasteiger partial charge in [-0.05, 0) is 55.5 Å². The van der Waals surface area contributed by atoms with Crippen molar-refractivity contribution >= 4 is 5.91 Å². The highest BCUT2D eigenvalue weighted by Gasteiger charge is 2.31. The van der Waals surface area contributed by atoms with Crippen molar-refractivity contribution in [2.45, 2.75) is 39.1 Å². The third-order valence-corrected chi connectivity index (χ3v) is 4.61. The summed E-state index contributed by atoms with van der Waals surface area (Å²) >= 11 is 0. The number of benzene rings is 1. The molecule has 2 unspecified atom stereocenters. The Balaban J connectivity index is 1.88. The summed E-state index contributed by atoms with van der Waals surface area (Å²) in [5, 5.41) is 3.35. The van der Waals surface area contributed by atoms with E-state index in [2.05, 4.69) is 17.0 Å². The molecule has 2 atom stereocenters. The van der Waals surface area contributed by atoms with Gasteiger partial charge in [0.25, 0.3) is 0 Å². The number of nitrogens with zero attached hydrogens (tertiary/aromatic N) is 1. The number of carbonyl (C=O) groups excluding carboxylic acids is 1. The molecule has 140 valence electrons. The van der Waals surface area contributed by atoms with E-state index < -0.39 is 6.36 Å². The van der Waals surface area contributed by atoms with Crippen molar-refractivity contribution in [1.82, 2.24) is 10.2 Å². The molecule has 0 spiro atoms. The lowest BCUT2D eigenvalue weighted by atomic mass is 9.85. The fraction of sp³-hybridized carbons (Fsp3) is 0.611. The van der Waals surface area contributed by atoms with Gasteiger partial charge in [0.05, 0.1) is 0 Å². The van der Waals surface area contributed by atoms with Crippen LogP contribution in [0.2, 0.25) is 0 Å². The van der Waals surface area contributed by atoms with Crippen molar-refractivity contribution in [2.75, 3.05) is 20.1 Å². The number of hydrogen-bond donors (Lipinski definition) is 1. The number of halogens is 3. The summed E-state index contributed by atoms with van der Waals surface area (Å²) < 4.78 is 40.8. The predicted molar refractivity (Wildman–Crippen MR) is 89.0 cm³/mol. The van der Waals surface area contributed by atoms with Gasteiger partial charge in [-0.2, -0.15) is 0 Å². The maximum atomic E-state index is 12.4. The van der Waals surface area contributed by atoms with Crippen LogP contribution >= 0.6 is 0 Å². The van der Waals surface area contributed by atoms with Crippen molar-refractivity contribution in [1.29, 1.82) is 0 Å². The highest BCUT2D eigenvalue weighted by molar-refractivity contribution is 5.76. The number of ether oxygens (including phenoxy) is 1. The average molecular weight is 358 g/mol. The van der Waals surface area contributed by atoms with Crippen LogP contribution in [-0.4, -0.2) is 37.3 Å². The Morgan fingerprint density at radius 2 is 2.20 bits per heavy atom. The minimum Gasteiger partial charge on any atom is -0.406 e. The van der Waals surface area contributed by atoms with Crippen LogP contribution in [0.25, 0.3) is 0 Å². The first-order valence-corrected chi connectivity index (χ1v) is 8.54. The third kappa shape index (κ3) is 6.57. The highest BCUT2D eigenvalue weighted by Crippen LogP contribution is 2.25. The first kappa shape index (κ1) is 19.6. The molecule has 2 rings (SSSR count). The van der Waals surface area contributed by atoms with Crippen molar-refractivity contribution < 1.29 is 22.7 Å². The van der Waals surface area contributed by atoms with Gasteiger partial charge in [0.15, 0.2) is 0 Å². The normalized spacial score (nSPS) is 19.3. The Morgan fingerprint density at radius 3 is 2.84 bits per heavy atom. The number of amides is 1. The maximum absolute atomic E-state index is 12.4. The molecule has 7 heteroatoms. The maximum Gasteiger partial charge on any atom is 0.573 e. The Labute approximate surface area is 146 Å². The lowest BCUT2D eigenvalue weighted by molar-refractivity contribution is -0.274. The standard InChI is InChI=1S/C18H25F3N2O2/c1-13(15-6-4-8-22-11-15)9-17(24)23(2)12-14-5-3-7-16(10-14)25-18(19,20)21/h3,5,7,10,13,15,22H,4,6,8-9,11-12H2,1-2H3. The number of carbonyl (C=O) groups is 1. The van der Waals surface area contributed by atoms with Crippen molar-refractivity contribution in [3.8, 4) is 5.75 Å². The van der Waals surface area contributed by atoms with Crippen LogP contribution in [0.4, 0.5) is 13.2 Å². The van der Waals surface area contributed by atoms with Gasteiger partial charge >= 0.3 is 6.36 Å². The molecular formula is C18H25F3N2O2. The zero-order valence-electron chi connectivity index (χ0n) is 14.6. The van der Waals surface area contributed by atoms with Crippen LogP contribution < -0.4 is 10.1 Å². The molecule has 1 N–H and O–H groups in total. The number of alkyl halides is 3. The van der Waals surface area contributed by atoms with E-state index in [0.717, 1.165) is 25.9 Å². The molecule has 0 bridgehead atoms. The SMILES string of the molecule is CC(CC(=O)N(C)Cc1cccc(OC(F)(F)F)c1)C1CCCNC1. The monoisotopic (exact) mass is 358 g/mol. The number of hydrogen-bond acceptors (Lipinski definition) is 3. The minimum atomic E-state index is -4.72. The van der Waals surface area contributed by atoms with Gasteiger partial charge < -0.3 is 15.0 Å². The molecule has 1 saturated heterocycles. The van der Waals surface area contributed by atoms with E-state index >= 15 is 0 Å². The molecule has 0 aromatic heterocycles. The highest BCUT2D eigenvalue weighted by atomic mass is 19.4. The zero-order chi connectivity index (χ0) is 18.4. The Morgan fingerprint density at radius 1 is 1.44 bits per heavy atom. The van der Waals surface area contributed by atoms with Crippen LogP contribution in [0.15, 0.2) is 24.3 Å². The summed E-state index contributed by atoms with van der Waals surface area (Å²) in [6.45, 7) is 4.31. The molecule has 1 amide bonds. The molecule has 1 aliphatic rings. The van der Waals surface area contributed by atoms with Crippen LogP contribution in [0, 0.1) is 11.8 Å². The van der Waals surface area contributed by atoms with E-state index in [4.69, 9.17) is 0 Å². The van der Waals surface area contributed by atoms with Gasteiger partial charge in [0.2, 0.25) is 5.91 Å². The van der Waals surface area contributed by atoms with E-state index in [0.29, 0.717) is 17.9 Å². The second kappa shape index (κ2) is 8.56. The first-order chi connectivity index (χ1) is 11.7. The first-order valence-electron chi connectivity index (χ1n) is 8.54. The summed E-state index contributed by atoms with van der Waals surface area (Å²) in [6, 6.07) is 5.73. The third-order valence-electron chi connectivity index (χ3n) is 4.61. The molecule has 0 radical (unpaired) electrons. The molecule has 1 aromatic carbocycles. The number of rotatable bonds is 6. The Bertz CT molecular complexity index is 572. The Kier molecular flexibility index (Phi) is 6.70. The molecule has 1 aliphatic heterocycles. The van der Waals surface area contributed by atoms with Crippen LogP contribution in [0.3, 0.4) is 0 Å². The van der Waals surface area contributed by atoms with Crippen LogP contribution in [0.5, 0.6) is 5.75 Å². The summed E-state index contributed by atoms with van der Waals surface area (Å²) in [7, 11) is 1.67. The van der Waals surface area contributed by atoms with Crippen LogP contribution in [0.1, 0.15) is 31.7 Å². The summed E-state index contributed by atoms with van der Waals surface area (Å²) in [5.74, 6) is 0.505. The second-order valence-electron chi connectivity index (χ2n) is 6.73. The fourth-order valence-electron chi connectivity index (χ4n) is 3.17. The summed E-state index contributed by atoms with van der Waals surface area (Å²) in [6.07, 6.45) is -2.02. The van der Waals surface area contributed by atoms with Gasteiger partial charge in [0, 0.05) is 20.0 Å². The van der Waals surface area contributed by atoms with Gasteiger partial charge in [-0.15, -0.1) is 13.2 Å². The molecule has 1 aromatic rings. The smallest absolute Gasteiger partial charge is 0.406 e. The lowest BCUT2D eigenvalue weighted by Gasteiger charge is -2.29. The number of nitrogens with one attached hydrogen (secondary N) is 1. The predicted octanol–water partition coefficient (Wildman–Crippen LogP) is 3.57. The van der Waals surface area contributed by atoms with E-state index in [-0.39, 0.29) is 24.1 Å². The van der Waals surface area contributed by atoms with E-state index in [9.17, 15) is 18.0 Å². The van der Waals surface area contributed by atoms with Crippen molar-refractivity contribution in [3.05, 3.63) is 29.8 Å². The molecular weight excluding hydrogens is 333 g/mol. The van der Waals surface area contributed by atoms with Crippen LogP contribution in [-0.2, 0) is 11.3 Å². The lowest BCUT2D eigenvalue weighted by Crippen LogP contribution is -2.36. The Hall–Kier alpha value is -1.76. The fourth-order valence-corrected chi connectivity index (χ4v) is 3.17. The summed E-state index contributed by atoms with van der Waals surface area (Å²) in [5.41, 5.74) is 0.601. The van der Waals surface area contributed by atoms with E-state index in [1.165, 1.54) is 18.2 Å². The van der Waals surface area contributed by atoms with E-state index in [1.807, 2.05) is 0 Å². The number of piperidine rings is 1. The largest absolute Gasteiger partial charge is 0.573 e. The molecule has 0 saturated carbocycles. The van der Waals surface area contributed by atoms with Crippen molar-refractivity contribution in [2.24, 2.45) is 11.8 Å².